The van der Waals surface area contributed by atoms with E-state index in [1.165, 1.54) is 17.3 Å². The smallest absolute Gasteiger partial charge is 0.306 e. The van der Waals surface area contributed by atoms with Crippen LogP contribution in [0, 0.1) is 0 Å². The average Bonchev–Trinajstić information content (AvgIpc) is 3.37. The molecule has 8 heteroatoms. The number of hydrogen-bond acceptors (Lipinski definition) is 7. The predicted molar refractivity (Wildman–Crippen MR) is 152 cm³/mol. The summed E-state index contributed by atoms with van der Waals surface area (Å²) in [4.78, 5) is 29.1. The minimum atomic E-state index is -0.175. The topological polar surface area (TPSA) is 59.1 Å². The molecule has 2 aliphatic heterocycles. The number of unbranched alkanes of at least 4 members (excludes halogenated alkanes) is 2. The summed E-state index contributed by atoms with van der Waals surface area (Å²) in [7, 11) is 0. The molecule has 2 heterocycles. The molecular weight excluding hydrogens is 504 g/mol. The van der Waals surface area contributed by atoms with Gasteiger partial charge in [-0.25, -0.2) is 0 Å². The van der Waals surface area contributed by atoms with Crippen LogP contribution in [0.15, 0.2) is 77.5 Å². The Hall–Kier alpha value is -3.10. The van der Waals surface area contributed by atoms with Gasteiger partial charge in [0.25, 0.3) is 5.91 Å². The summed E-state index contributed by atoms with van der Waals surface area (Å²) in [5.41, 5.74) is 2.27. The minimum absolute atomic E-state index is 0.0857. The predicted octanol–water partition coefficient (Wildman–Crippen LogP) is 6.23. The number of carbonyl (C=O) groups is 2. The number of hydrogen-bond donors (Lipinski definition) is 0. The summed E-state index contributed by atoms with van der Waals surface area (Å²) in [6.45, 7) is 4.99. The summed E-state index contributed by atoms with van der Waals surface area (Å²) < 4.78 is 11.8. The van der Waals surface area contributed by atoms with E-state index in [0.29, 0.717) is 28.1 Å². The van der Waals surface area contributed by atoms with E-state index in [-0.39, 0.29) is 18.0 Å². The van der Waals surface area contributed by atoms with Gasteiger partial charge in [-0.2, -0.15) is 0 Å². The van der Waals surface area contributed by atoms with E-state index in [1.54, 1.807) is 11.0 Å². The van der Waals surface area contributed by atoms with Gasteiger partial charge in [-0.05, 0) is 56.9 Å². The molecule has 0 aromatic heterocycles. The Morgan fingerprint density at radius 3 is 2.54 bits per heavy atom. The van der Waals surface area contributed by atoms with E-state index in [2.05, 4.69) is 17.0 Å². The first-order valence-corrected chi connectivity index (χ1v) is 13.9. The van der Waals surface area contributed by atoms with Crippen LogP contribution in [0.5, 0.6) is 5.75 Å². The lowest BCUT2D eigenvalue weighted by Gasteiger charge is -2.18. The zero-order valence-electron chi connectivity index (χ0n) is 21.2. The van der Waals surface area contributed by atoms with Crippen LogP contribution in [-0.4, -0.2) is 40.3 Å². The Balaban J connectivity index is 1.36. The molecule has 0 unspecified atom stereocenters. The molecule has 4 rings (SSSR count). The molecule has 0 bridgehead atoms. The van der Waals surface area contributed by atoms with E-state index in [4.69, 9.17) is 21.7 Å². The summed E-state index contributed by atoms with van der Waals surface area (Å²) in [5, 5.41) is 0. The van der Waals surface area contributed by atoms with Crippen LogP contribution >= 0.6 is 24.0 Å². The lowest BCUT2D eigenvalue weighted by Crippen LogP contribution is -2.29. The first kappa shape index (κ1) is 26.9. The van der Waals surface area contributed by atoms with E-state index in [0.717, 1.165) is 43.7 Å². The van der Waals surface area contributed by atoms with Gasteiger partial charge in [0.2, 0.25) is 5.88 Å². The number of anilines is 1. The molecule has 0 N–H and O–H groups in total. The number of allylic oxidation sites excluding steroid dienone is 2. The molecular formula is C29H32N2O4S2. The molecule has 6 nitrogen and oxygen atoms in total. The second-order valence-corrected chi connectivity index (χ2v) is 10.8. The number of para-hydroxylation sites is 2. The molecule has 194 valence electrons. The van der Waals surface area contributed by atoms with Crippen LogP contribution < -0.4 is 9.64 Å². The zero-order valence-corrected chi connectivity index (χ0v) is 22.9. The van der Waals surface area contributed by atoms with Crippen molar-refractivity contribution in [3.8, 4) is 5.75 Å². The van der Waals surface area contributed by atoms with E-state index in [9.17, 15) is 9.59 Å². The van der Waals surface area contributed by atoms with Crippen molar-refractivity contribution in [2.45, 2.75) is 52.1 Å². The maximum atomic E-state index is 13.0. The molecule has 0 saturated carbocycles. The first-order valence-electron chi connectivity index (χ1n) is 12.7. The van der Waals surface area contributed by atoms with E-state index < -0.39 is 0 Å². The van der Waals surface area contributed by atoms with Crippen molar-refractivity contribution in [3.05, 3.63) is 83.1 Å². The third-order valence-electron chi connectivity index (χ3n) is 5.98. The number of amides is 1. The van der Waals surface area contributed by atoms with Gasteiger partial charge in [0, 0.05) is 25.6 Å². The Kier molecular flexibility index (Phi) is 9.41. The maximum Gasteiger partial charge on any atom is 0.306 e. The average molecular weight is 537 g/mol. The Morgan fingerprint density at radius 1 is 1.00 bits per heavy atom. The van der Waals surface area contributed by atoms with Gasteiger partial charge in [0.05, 0.1) is 16.7 Å². The monoisotopic (exact) mass is 536 g/mol. The van der Waals surface area contributed by atoms with Crippen molar-refractivity contribution in [1.29, 1.82) is 0 Å². The third-order valence-corrected chi connectivity index (χ3v) is 7.38. The van der Waals surface area contributed by atoms with Gasteiger partial charge in [-0.15, -0.1) is 0 Å². The van der Waals surface area contributed by atoms with Gasteiger partial charge >= 0.3 is 5.97 Å². The summed E-state index contributed by atoms with van der Waals surface area (Å²) >= 11 is 6.79. The third kappa shape index (κ3) is 7.23. The van der Waals surface area contributed by atoms with Crippen molar-refractivity contribution in [1.82, 2.24) is 4.90 Å². The molecule has 1 fully saturated rings. The number of thioether (sulfide) groups is 1. The fraction of sp³-hybridized carbons (Fsp3) is 0.345. The molecule has 1 amide bonds. The van der Waals surface area contributed by atoms with Crippen LogP contribution in [0.4, 0.5) is 5.69 Å². The molecule has 2 aromatic rings. The van der Waals surface area contributed by atoms with Crippen molar-refractivity contribution in [2.75, 3.05) is 18.0 Å². The fourth-order valence-corrected chi connectivity index (χ4v) is 5.43. The summed E-state index contributed by atoms with van der Waals surface area (Å²) in [5.74, 6) is 1.24. The lowest BCUT2D eigenvalue weighted by atomic mass is 10.1. The number of carbonyl (C=O) groups excluding carboxylic acids is 2. The standard InChI is InChI=1S/C29H32N2O4S2/c1-21(2)34-27(32)15-7-4-10-19-31-28(33)25(37-29(31)36)16-17-26-30(20-18-22-11-5-3-6-12-22)23-13-8-9-14-24(23)35-26/h3,5-6,8-9,11-14,16-17,21H,4,7,10,15,18-20H2,1-2H3/b25-16-,26-17+. The van der Waals surface area contributed by atoms with Gasteiger partial charge < -0.3 is 14.4 Å². The molecule has 0 radical (unpaired) electrons. The van der Waals surface area contributed by atoms with Gasteiger partial charge in [0.1, 0.15) is 4.32 Å². The van der Waals surface area contributed by atoms with Crippen LogP contribution in [0.1, 0.15) is 45.1 Å². The number of benzene rings is 2. The second kappa shape index (κ2) is 12.9. The molecule has 0 aliphatic carbocycles. The van der Waals surface area contributed by atoms with Gasteiger partial charge in [0.15, 0.2) is 5.75 Å². The van der Waals surface area contributed by atoms with Crippen molar-refractivity contribution >= 4 is 45.9 Å². The largest absolute Gasteiger partial charge is 0.463 e. The van der Waals surface area contributed by atoms with E-state index in [1.807, 2.05) is 62.4 Å². The number of esters is 1. The summed E-state index contributed by atoms with van der Waals surface area (Å²) in [6, 6.07) is 18.3. The second-order valence-electron chi connectivity index (χ2n) is 9.17. The number of ether oxygens (including phenoxy) is 2. The number of thiocarbonyl (C=S) groups is 1. The van der Waals surface area contributed by atoms with Crippen molar-refractivity contribution in [2.24, 2.45) is 0 Å². The SMILES string of the molecule is CC(C)OC(=O)CCCCCN1C(=O)/C(=C/C=C2/Oc3ccccc3N2CCc2ccccc2)SC1=S. The highest BCUT2D eigenvalue weighted by Gasteiger charge is 2.32. The maximum absolute atomic E-state index is 13.0. The highest BCUT2D eigenvalue weighted by atomic mass is 32.2. The van der Waals surface area contributed by atoms with Gasteiger partial charge in [-0.1, -0.05) is 72.9 Å². The molecule has 1 saturated heterocycles. The fourth-order valence-electron chi connectivity index (χ4n) is 4.18. The van der Waals surface area contributed by atoms with Crippen LogP contribution in [0.25, 0.3) is 0 Å². The number of fused-ring (bicyclic) bond motifs is 1. The van der Waals surface area contributed by atoms with Crippen molar-refractivity contribution < 1.29 is 19.1 Å². The number of nitrogens with zero attached hydrogens (tertiary/aromatic N) is 2. The normalized spacial score (nSPS) is 17.2. The Morgan fingerprint density at radius 2 is 1.76 bits per heavy atom. The number of rotatable bonds is 11. The molecule has 0 atom stereocenters. The molecule has 0 spiro atoms. The first-order chi connectivity index (χ1) is 17.9. The zero-order chi connectivity index (χ0) is 26.2. The summed E-state index contributed by atoms with van der Waals surface area (Å²) in [6.07, 6.45) is 7.18. The molecule has 2 aliphatic rings. The lowest BCUT2D eigenvalue weighted by molar-refractivity contribution is -0.147. The minimum Gasteiger partial charge on any atom is -0.463 e. The Labute approximate surface area is 228 Å². The molecule has 2 aromatic carbocycles. The van der Waals surface area contributed by atoms with Crippen LogP contribution in [-0.2, 0) is 20.7 Å². The van der Waals surface area contributed by atoms with Crippen LogP contribution in [0.2, 0.25) is 0 Å². The molecule has 37 heavy (non-hydrogen) atoms. The van der Waals surface area contributed by atoms with Crippen LogP contribution in [0.3, 0.4) is 0 Å². The van der Waals surface area contributed by atoms with Crippen molar-refractivity contribution in [3.63, 3.8) is 0 Å². The van der Waals surface area contributed by atoms with E-state index >= 15 is 0 Å². The van der Waals surface area contributed by atoms with Gasteiger partial charge in [-0.3, -0.25) is 14.5 Å². The quantitative estimate of drug-likeness (QED) is 0.146. The highest BCUT2D eigenvalue weighted by Crippen LogP contribution is 2.39. The Bertz CT molecular complexity index is 1190. The highest BCUT2D eigenvalue weighted by molar-refractivity contribution is 8.26.